The first kappa shape index (κ1) is 33.4. The van der Waals surface area contributed by atoms with Gasteiger partial charge in [-0.25, -0.2) is 9.37 Å². The van der Waals surface area contributed by atoms with Gasteiger partial charge in [0.1, 0.15) is 17.7 Å². The molecule has 0 unspecified atom stereocenters. The normalized spacial score (nSPS) is 25.8. The van der Waals surface area contributed by atoms with Crippen LogP contribution in [0.5, 0.6) is 0 Å². The van der Waals surface area contributed by atoms with E-state index in [1.165, 1.54) is 37.1 Å². The van der Waals surface area contributed by atoms with Gasteiger partial charge < -0.3 is 19.4 Å². The van der Waals surface area contributed by atoms with Crippen LogP contribution in [0.2, 0.25) is 0 Å². The van der Waals surface area contributed by atoms with Gasteiger partial charge in [0, 0.05) is 83.5 Å². The van der Waals surface area contributed by atoms with Crippen molar-refractivity contribution < 1.29 is 36.7 Å². The molecule has 0 bridgehead atoms. The van der Waals surface area contributed by atoms with Gasteiger partial charge in [0.2, 0.25) is 17.7 Å². The van der Waals surface area contributed by atoms with E-state index >= 15 is 4.39 Å². The molecular formula is C34H39F4N7O4. The van der Waals surface area contributed by atoms with Crippen molar-refractivity contribution in [3.8, 4) is 0 Å². The highest BCUT2D eigenvalue weighted by atomic mass is 19.4. The van der Waals surface area contributed by atoms with Crippen molar-refractivity contribution >= 4 is 34.9 Å². The summed E-state index contributed by atoms with van der Waals surface area (Å²) in [5.74, 6) is -2.56. The zero-order valence-corrected chi connectivity index (χ0v) is 27.5. The van der Waals surface area contributed by atoms with Crippen molar-refractivity contribution in [2.45, 2.75) is 37.1 Å². The van der Waals surface area contributed by atoms with Crippen molar-refractivity contribution in [3.63, 3.8) is 0 Å². The van der Waals surface area contributed by atoms with E-state index in [-0.39, 0.29) is 47.7 Å². The van der Waals surface area contributed by atoms with E-state index in [0.29, 0.717) is 58.2 Å². The number of hydrogen-bond acceptors (Lipinski definition) is 8. The molecule has 4 fully saturated rings. The number of hydrogen-bond donors (Lipinski definition) is 0. The molecule has 11 nitrogen and oxygen atoms in total. The van der Waals surface area contributed by atoms with Crippen LogP contribution in [0.25, 0.3) is 0 Å². The van der Waals surface area contributed by atoms with Gasteiger partial charge in [-0.3, -0.25) is 29.1 Å². The standard InChI is InChI=1S/C34H39F4N7O4/c1-4-28(46)43-19-33(20-43)18-41(16-24-17-49-11-10-44(24)33)8-9-42-15-22-13-29(47)45(27-14-23(34(36,37)38)12-21(2)39-27)30(22)32(48)40(3)26-7-5-6-25(35)31(26)42/h4-7,12,14,22,24,30H,1,8-11,13,15-20H2,2-3H3/t22-,24-,30+/m1/s1. The van der Waals surface area contributed by atoms with Gasteiger partial charge in [-0.05, 0) is 37.3 Å². The maximum atomic E-state index is 15.8. The largest absolute Gasteiger partial charge is 0.416 e. The van der Waals surface area contributed by atoms with Gasteiger partial charge in [0.15, 0.2) is 0 Å². The number of alkyl halides is 3. The van der Waals surface area contributed by atoms with Crippen LogP contribution < -0.4 is 14.7 Å². The summed E-state index contributed by atoms with van der Waals surface area (Å²) in [6.07, 6.45) is -3.46. The van der Waals surface area contributed by atoms with Crippen LogP contribution in [0, 0.1) is 18.7 Å². The van der Waals surface area contributed by atoms with Crippen molar-refractivity contribution in [1.82, 2.24) is 19.7 Å². The molecule has 7 rings (SSSR count). The summed E-state index contributed by atoms with van der Waals surface area (Å²) >= 11 is 0. The first-order chi connectivity index (χ1) is 23.3. The molecule has 2 aromatic rings. The first-order valence-corrected chi connectivity index (χ1v) is 16.5. The lowest BCUT2D eigenvalue weighted by atomic mass is 9.82. The van der Waals surface area contributed by atoms with E-state index in [9.17, 15) is 27.6 Å². The zero-order valence-electron chi connectivity index (χ0n) is 27.5. The second kappa shape index (κ2) is 12.4. The van der Waals surface area contributed by atoms with E-state index < -0.39 is 41.3 Å². The van der Waals surface area contributed by atoms with Gasteiger partial charge in [0.05, 0.1) is 35.7 Å². The quantitative estimate of drug-likeness (QED) is 0.351. The minimum atomic E-state index is -4.67. The summed E-state index contributed by atoms with van der Waals surface area (Å²) in [6, 6.07) is 5.15. The van der Waals surface area contributed by atoms with Crippen LogP contribution in [0.4, 0.5) is 34.8 Å². The molecule has 1 aromatic heterocycles. The topological polar surface area (TPSA) is 92.8 Å². The number of morpholine rings is 1. The first-order valence-electron chi connectivity index (χ1n) is 16.5. The Hall–Kier alpha value is -4.08. The number of aromatic nitrogens is 1. The van der Waals surface area contributed by atoms with Crippen molar-refractivity contribution in [3.05, 3.63) is 60.1 Å². The number of likely N-dealkylation sites (tertiary alicyclic amines) is 1. The van der Waals surface area contributed by atoms with Crippen LogP contribution in [-0.2, 0) is 25.3 Å². The summed E-state index contributed by atoms with van der Waals surface area (Å²) in [4.78, 5) is 55.0. The molecular weight excluding hydrogens is 646 g/mol. The second-order valence-corrected chi connectivity index (χ2v) is 13.8. The molecule has 6 heterocycles. The number of pyridine rings is 1. The molecule has 0 saturated carbocycles. The Balaban J connectivity index is 1.18. The molecule has 0 N–H and O–H groups in total. The summed E-state index contributed by atoms with van der Waals surface area (Å²) in [6.45, 7) is 10.5. The number of nitrogens with zero attached hydrogens (tertiary/aromatic N) is 7. The number of ether oxygens (including phenoxy) is 1. The number of rotatable bonds is 5. The number of aryl methyl sites for hydroxylation is 1. The Kier molecular flexibility index (Phi) is 8.43. The Morgan fingerprint density at radius 3 is 2.65 bits per heavy atom. The SMILES string of the molecule is C=CC(=O)N1CC2(CN(CCN3C[C@H]4CC(=O)N(c5cc(C(F)(F)F)cc(C)n5)[C@@H]4C(=O)N(C)c4cccc(F)c43)C[C@@H]3COCCN32)C1. The number of benzene rings is 1. The number of amides is 3. The summed E-state index contributed by atoms with van der Waals surface area (Å²) in [7, 11) is 1.49. The highest BCUT2D eigenvalue weighted by Gasteiger charge is 2.55. The van der Waals surface area contributed by atoms with Crippen LogP contribution in [0.15, 0.2) is 43.0 Å². The third-order valence-corrected chi connectivity index (χ3v) is 10.6. The highest BCUT2D eigenvalue weighted by Crippen LogP contribution is 2.42. The molecule has 0 radical (unpaired) electrons. The number of anilines is 3. The Morgan fingerprint density at radius 1 is 1.14 bits per heavy atom. The van der Waals surface area contributed by atoms with Gasteiger partial charge in [-0.2, -0.15) is 13.2 Å². The molecule has 5 aliphatic heterocycles. The third-order valence-electron chi connectivity index (χ3n) is 10.6. The molecule has 3 amide bonds. The maximum absolute atomic E-state index is 15.8. The smallest absolute Gasteiger partial charge is 0.378 e. The second-order valence-electron chi connectivity index (χ2n) is 13.8. The zero-order chi connectivity index (χ0) is 34.8. The van der Waals surface area contributed by atoms with Crippen LogP contribution in [0.3, 0.4) is 0 Å². The van der Waals surface area contributed by atoms with E-state index in [4.69, 9.17) is 4.74 Å². The molecule has 15 heteroatoms. The summed E-state index contributed by atoms with van der Waals surface area (Å²) in [5, 5.41) is 0. The van der Waals surface area contributed by atoms with Crippen molar-refractivity contribution in [2.24, 2.45) is 5.92 Å². The van der Waals surface area contributed by atoms with Gasteiger partial charge in [-0.1, -0.05) is 12.6 Å². The van der Waals surface area contributed by atoms with Gasteiger partial charge >= 0.3 is 6.18 Å². The average Bonchev–Trinajstić information content (AvgIpc) is 3.37. The number of likely N-dealkylation sites (N-methyl/N-ethyl adjacent to an activating group) is 1. The van der Waals surface area contributed by atoms with Crippen LogP contribution in [0.1, 0.15) is 17.7 Å². The number of carbonyl (C=O) groups is 3. The monoisotopic (exact) mass is 685 g/mol. The predicted molar refractivity (Wildman–Crippen MR) is 173 cm³/mol. The average molecular weight is 686 g/mol. The molecule has 262 valence electrons. The fourth-order valence-corrected chi connectivity index (χ4v) is 8.43. The molecule has 1 spiro atoms. The molecule has 49 heavy (non-hydrogen) atoms. The summed E-state index contributed by atoms with van der Waals surface area (Å²) in [5.41, 5.74) is -0.605. The van der Waals surface area contributed by atoms with Gasteiger partial charge in [-0.15, -0.1) is 0 Å². The third kappa shape index (κ3) is 5.84. The molecule has 3 atom stereocenters. The van der Waals surface area contributed by atoms with Crippen LogP contribution >= 0.6 is 0 Å². The number of halogens is 4. The van der Waals surface area contributed by atoms with E-state index in [1.807, 2.05) is 4.90 Å². The number of piperazine rings is 1. The Morgan fingerprint density at radius 2 is 1.92 bits per heavy atom. The lowest BCUT2D eigenvalue weighted by Gasteiger charge is -2.63. The highest BCUT2D eigenvalue weighted by molar-refractivity contribution is 6.10. The van der Waals surface area contributed by atoms with E-state index in [2.05, 4.69) is 21.4 Å². The Labute approximate surface area is 281 Å². The minimum Gasteiger partial charge on any atom is -0.378 e. The molecule has 0 aliphatic carbocycles. The summed E-state index contributed by atoms with van der Waals surface area (Å²) < 4.78 is 62.9. The fraction of sp³-hybridized carbons (Fsp3) is 0.529. The number of carbonyl (C=O) groups excluding carboxylic acids is 3. The molecule has 1 aromatic carbocycles. The van der Waals surface area contributed by atoms with Crippen LogP contribution in [-0.4, -0.2) is 128 Å². The Bertz CT molecular complexity index is 1680. The maximum Gasteiger partial charge on any atom is 0.416 e. The minimum absolute atomic E-state index is 0.0615. The lowest BCUT2D eigenvalue weighted by Crippen LogP contribution is -2.81. The van der Waals surface area contributed by atoms with Gasteiger partial charge in [0.25, 0.3) is 0 Å². The number of fused-ring (bicyclic) bond motifs is 4. The van der Waals surface area contributed by atoms with Crippen molar-refractivity contribution in [2.75, 3.05) is 87.3 Å². The molecule has 5 aliphatic rings. The fourth-order valence-electron chi connectivity index (χ4n) is 8.43. The van der Waals surface area contributed by atoms with Crippen molar-refractivity contribution in [1.29, 1.82) is 0 Å². The number of para-hydroxylation sites is 1. The predicted octanol–water partition coefficient (Wildman–Crippen LogP) is 2.54. The van der Waals surface area contributed by atoms with E-state index in [1.54, 1.807) is 11.0 Å². The molecule has 4 saturated heterocycles. The lowest BCUT2D eigenvalue weighted by molar-refractivity contribution is -0.173. The van der Waals surface area contributed by atoms with E-state index in [0.717, 1.165) is 23.6 Å².